The third-order valence-electron chi connectivity index (χ3n) is 5.21. The van der Waals surface area contributed by atoms with Crippen molar-refractivity contribution >= 4 is 11.9 Å². The number of nitrogens with zero attached hydrogens (tertiary/aromatic N) is 4. The molecule has 4 unspecified atom stereocenters. The van der Waals surface area contributed by atoms with Crippen LogP contribution in [0.1, 0.15) is 44.2 Å². The quantitative estimate of drug-likeness (QED) is 0.111. The van der Waals surface area contributed by atoms with Gasteiger partial charge < -0.3 is 26.8 Å². The zero-order valence-corrected chi connectivity index (χ0v) is 18.0. The number of aliphatic hydroxyl groups is 1. The Balaban J connectivity index is 2.76. The molecule has 1 aromatic heterocycles. The summed E-state index contributed by atoms with van der Waals surface area (Å²) < 4.78 is 3.77. The predicted molar refractivity (Wildman–Crippen MR) is 114 cm³/mol. The second-order valence-electron chi connectivity index (χ2n) is 7.80. The summed E-state index contributed by atoms with van der Waals surface area (Å²) in [5.74, 6) is -2.09. The van der Waals surface area contributed by atoms with Gasteiger partial charge in [-0.2, -0.15) is 9.81 Å². The fraction of sp³-hybridized carbons (Fsp3) is 0.737. The summed E-state index contributed by atoms with van der Waals surface area (Å²) >= 11 is 0. The first kappa shape index (κ1) is 27.3. The van der Waals surface area contributed by atoms with Crippen molar-refractivity contribution in [1.29, 1.82) is 0 Å². The van der Waals surface area contributed by atoms with E-state index in [9.17, 15) is 24.5 Å². The number of aryl methyl sites for hydroxylation is 2. The molecule has 0 bridgehead atoms. The number of aliphatic hydroxyl groups excluding tert-OH is 1. The molecule has 0 aromatic carbocycles. The van der Waals surface area contributed by atoms with Gasteiger partial charge in [-0.15, -0.1) is 0 Å². The number of carboxylic acids is 2. The van der Waals surface area contributed by atoms with Gasteiger partial charge in [0.2, 0.25) is 6.33 Å². The molecule has 0 aliphatic heterocycles. The lowest BCUT2D eigenvalue weighted by Gasteiger charge is -2.12. The Bertz CT molecular complexity index is 757. The third kappa shape index (κ3) is 9.58. The number of hydrogen-bond donors (Lipinski definition) is 5. The summed E-state index contributed by atoms with van der Waals surface area (Å²) in [5.41, 5.74) is 11.7. The van der Waals surface area contributed by atoms with E-state index in [0.717, 1.165) is 0 Å². The van der Waals surface area contributed by atoms with Crippen LogP contribution in [0.4, 0.5) is 0 Å². The van der Waals surface area contributed by atoms with Crippen LogP contribution in [-0.4, -0.2) is 62.6 Å². The molecule has 0 aliphatic carbocycles. The fourth-order valence-corrected chi connectivity index (χ4v) is 3.25. The second-order valence-corrected chi connectivity index (χ2v) is 7.80. The van der Waals surface area contributed by atoms with Crippen molar-refractivity contribution in [3.05, 3.63) is 28.0 Å². The molecule has 4 atom stereocenters. The highest BCUT2D eigenvalue weighted by Gasteiger charge is 2.25. The maximum atomic E-state index is 10.9. The first-order valence-electron chi connectivity index (χ1n) is 10.5. The number of imidazole rings is 1. The van der Waals surface area contributed by atoms with Crippen molar-refractivity contribution in [2.45, 2.75) is 82.3 Å². The van der Waals surface area contributed by atoms with Crippen molar-refractivity contribution in [2.24, 2.45) is 21.8 Å². The van der Waals surface area contributed by atoms with E-state index in [0.29, 0.717) is 57.3 Å². The summed E-state index contributed by atoms with van der Waals surface area (Å²) in [7, 11) is 0. The highest BCUT2D eigenvalue weighted by atomic mass is 16.4. The minimum Gasteiger partial charge on any atom is -0.480 e. The molecule has 7 N–H and O–H groups in total. The van der Waals surface area contributed by atoms with Crippen LogP contribution < -0.4 is 16.0 Å². The van der Waals surface area contributed by atoms with Gasteiger partial charge in [0.15, 0.2) is 0 Å². The molecular formula is C19H33N6O7+. The molecule has 1 aromatic rings. The van der Waals surface area contributed by atoms with E-state index < -0.39 is 42.7 Å². The lowest BCUT2D eigenvalue weighted by molar-refractivity contribution is -0.704. The maximum Gasteiger partial charge on any atom is 0.320 e. The predicted octanol–water partition coefficient (Wildman–Crippen LogP) is -0.255. The lowest BCUT2D eigenvalue weighted by Crippen LogP contribution is -2.40. The average Bonchev–Trinajstić information content (AvgIpc) is 3.12. The van der Waals surface area contributed by atoms with Crippen LogP contribution in [0, 0.1) is 9.81 Å². The molecule has 0 saturated carbocycles. The van der Waals surface area contributed by atoms with Crippen molar-refractivity contribution in [2.75, 3.05) is 6.54 Å². The van der Waals surface area contributed by atoms with Gasteiger partial charge in [0.1, 0.15) is 36.6 Å². The molecule has 0 radical (unpaired) electrons. The topological polar surface area (TPSA) is 215 Å². The van der Waals surface area contributed by atoms with Gasteiger partial charge in [0.25, 0.3) is 0 Å². The first-order chi connectivity index (χ1) is 15.2. The molecule has 0 fully saturated rings. The standard InChI is InChI=1S/C19H32N6O7/c20-14(18(27)28)5-1-3-7-24-11-13(9-17(26)16(23-32)10-22-31)25(12-24)8-4-2-6-15(21)19(29)30/h11-12,14-17,26H,1-10,20-21H2,(H-,27,28,29,30)/p+1. The largest absolute Gasteiger partial charge is 0.480 e. The number of nitrogens with two attached hydrogens (primary N) is 2. The van der Waals surface area contributed by atoms with Crippen LogP contribution in [0.15, 0.2) is 22.9 Å². The van der Waals surface area contributed by atoms with E-state index >= 15 is 0 Å². The number of unbranched alkanes of at least 4 members (excludes halogenated alkanes) is 2. The highest BCUT2D eigenvalue weighted by Crippen LogP contribution is 2.10. The molecule has 1 heterocycles. The molecule has 32 heavy (non-hydrogen) atoms. The van der Waals surface area contributed by atoms with Crippen molar-refractivity contribution in [1.82, 2.24) is 4.57 Å². The van der Waals surface area contributed by atoms with Gasteiger partial charge in [-0.25, -0.2) is 9.13 Å². The van der Waals surface area contributed by atoms with Gasteiger partial charge in [0, 0.05) is 6.42 Å². The van der Waals surface area contributed by atoms with Crippen LogP contribution in [0.2, 0.25) is 0 Å². The van der Waals surface area contributed by atoms with Gasteiger partial charge in [-0.3, -0.25) is 9.59 Å². The number of carbonyl (C=O) groups is 2. The van der Waals surface area contributed by atoms with Crippen LogP contribution in [0.3, 0.4) is 0 Å². The number of aromatic nitrogens is 2. The minimum atomic E-state index is -1.18. The summed E-state index contributed by atoms with van der Waals surface area (Å²) in [5, 5.41) is 33.4. The molecule has 180 valence electrons. The van der Waals surface area contributed by atoms with E-state index in [4.69, 9.17) is 21.7 Å². The molecule has 13 nitrogen and oxygen atoms in total. The molecule has 13 heteroatoms. The molecule has 0 saturated heterocycles. The van der Waals surface area contributed by atoms with Crippen molar-refractivity contribution in [3.8, 4) is 0 Å². The number of carboxylic acid groups (broad SMARTS) is 2. The fourth-order valence-electron chi connectivity index (χ4n) is 3.25. The first-order valence-corrected chi connectivity index (χ1v) is 10.5. The highest BCUT2D eigenvalue weighted by molar-refractivity contribution is 5.73. The average molecular weight is 458 g/mol. The summed E-state index contributed by atoms with van der Waals surface area (Å²) in [6.07, 6.45) is 5.79. The molecule has 0 amide bonds. The summed E-state index contributed by atoms with van der Waals surface area (Å²) in [6.45, 7) is 0.719. The number of rotatable bonds is 18. The van der Waals surface area contributed by atoms with Gasteiger partial charge in [-0.1, -0.05) is 10.4 Å². The third-order valence-corrected chi connectivity index (χ3v) is 5.21. The second kappa shape index (κ2) is 14.3. The van der Waals surface area contributed by atoms with Crippen molar-refractivity contribution < 1.29 is 29.5 Å². The van der Waals surface area contributed by atoms with Gasteiger partial charge >= 0.3 is 11.9 Å². The van der Waals surface area contributed by atoms with Crippen LogP contribution in [0.25, 0.3) is 0 Å². The Morgan fingerprint density at radius 3 is 2.16 bits per heavy atom. The van der Waals surface area contributed by atoms with E-state index in [1.807, 2.05) is 15.5 Å². The lowest BCUT2D eigenvalue weighted by atomic mass is 10.1. The molecule has 0 aliphatic rings. The zero-order valence-electron chi connectivity index (χ0n) is 18.0. The number of aliphatic carboxylic acids is 2. The van der Waals surface area contributed by atoms with Crippen molar-refractivity contribution in [3.63, 3.8) is 0 Å². The Morgan fingerprint density at radius 2 is 1.62 bits per heavy atom. The number of nitroso groups, excluding NO2 is 2. The van der Waals surface area contributed by atoms with E-state index in [2.05, 4.69) is 10.4 Å². The van der Waals surface area contributed by atoms with E-state index in [1.54, 1.807) is 6.20 Å². The maximum absolute atomic E-state index is 10.9. The monoisotopic (exact) mass is 457 g/mol. The van der Waals surface area contributed by atoms with Crippen LogP contribution in [0.5, 0.6) is 0 Å². The van der Waals surface area contributed by atoms with E-state index in [-0.39, 0.29) is 6.42 Å². The summed E-state index contributed by atoms with van der Waals surface area (Å²) in [4.78, 5) is 43.0. The van der Waals surface area contributed by atoms with Gasteiger partial charge in [-0.05, 0) is 38.5 Å². The Kier molecular flexibility index (Phi) is 12.2. The van der Waals surface area contributed by atoms with Crippen LogP contribution in [-0.2, 0) is 29.1 Å². The Morgan fingerprint density at radius 1 is 1.03 bits per heavy atom. The normalized spacial score (nSPS) is 15.0. The molecule has 1 rings (SSSR count). The van der Waals surface area contributed by atoms with Crippen LogP contribution >= 0.6 is 0 Å². The van der Waals surface area contributed by atoms with Gasteiger partial charge in [0.05, 0.1) is 19.2 Å². The SMILES string of the molecule is NC(CCCCn1cc(CC(O)C(CN=O)N=O)[n+](CCCCC(N)C(=O)O)c1)C(=O)O. The Hall–Kier alpha value is -2.77. The van der Waals surface area contributed by atoms with E-state index in [1.165, 1.54) is 0 Å². The number of hydrogen-bond acceptors (Lipinski definition) is 9. The smallest absolute Gasteiger partial charge is 0.320 e. The summed E-state index contributed by atoms with van der Waals surface area (Å²) in [6, 6.07) is -2.96. The molecule has 0 spiro atoms. The minimum absolute atomic E-state index is 0.0808. The Labute approximate surface area is 185 Å². The molecular weight excluding hydrogens is 424 g/mol. The zero-order chi connectivity index (χ0) is 24.1.